The molecule has 0 atom stereocenters. The maximum Gasteiger partial charge on any atom is 0.295 e. The molecule has 0 saturated carbocycles. The van der Waals surface area contributed by atoms with Crippen LogP contribution < -0.4 is 15.2 Å². The van der Waals surface area contributed by atoms with Gasteiger partial charge >= 0.3 is 0 Å². The number of carbonyl (C=O) groups excluding carboxylic acids is 1. The van der Waals surface area contributed by atoms with Crippen molar-refractivity contribution in [3.05, 3.63) is 71.3 Å². The highest BCUT2D eigenvalue weighted by Crippen LogP contribution is 2.02. The van der Waals surface area contributed by atoms with E-state index in [0.717, 1.165) is 44.7 Å². The van der Waals surface area contributed by atoms with E-state index in [9.17, 15) is 4.79 Å². The fourth-order valence-electron chi connectivity index (χ4n) is 3.48. The number of hydrogen-bond acceptors (Lipinski definition) is 2. The molecule has 3 rings (SSSR count). The van der Waals surface area contributed by atoms with Gasteiger partial charge in [-0.15, -0.1) is 0 Å². The average molecular weight is 367 g/mol. The van der Waals surface area contributed by atoms with Crippen LogP contribution in [0.1, 0.15) is 23.6 Å². The Morgan fingerprint density at radius 3 is 2.30 bits per heavy atom. The summed E-state index contributed by atoms with van der Waals surface area (Å²) in [6, 6.07) is 18.8. The molecule has 0 bridgehead atoms. The number of piperazine rings is 1. The number of nitrogens with zero attached hydrogens (tertiary/aromatic N) is 1. The van der Waals surface area contributed by atoms with E-state index in [2.05, 4.69) is 59.9 Å². The quantitative estimate of drug-likeness (QED) is 0.457. The number of hydrazone groups is 1. The summed E-state index contributed by atoms with van der Waals surface area (Å²) < 4.78 is 0. The maximum absolute atomic E-state index is 12.1. The summed E-state index contributed by atoms with van der Waals surface area (Å²) in [5.41, 5.74) is 6.34. The molecule has 1 aliphatic rings. The Kier molecular flexibility index (Phi) is 7.13. The number of hydrogen-bond donors (Lipinski definition) is 3. The summed E-state index contributed by atoms with van der Waals surface area (Å²) in [4.78, 5) is 15.1. The smallest absolute Gasteiger partial charge is 0.295 e. The second kappa shape index (κ2) is 10.00. The van der Waals surface area contributed by atoms with E-state index in [4.69, 9.17) is 0 Å². The zero-order valence-corrected chi connectivity index (χ0v) is 16.1. The van der Waals surface area contributed by atoms with Gasteiger partial charge in [0, 0.05) is 5.56 Å². The number of aryl methyl sites for hydroxylation is 1. The van der Waals surface area contributed by atoms with E-state index in [1.165, 1.54) is 16.0 Å². The lowest BCUT2D eigenvalue weighted by Gasteiger charge is -2.29. The number of nitrogens with one attached hydrogen (secondary N) is 3. The first-order valence-electron chi connectivity index (χ1n) is 9.85. The van der Waals surface area contributed by atoms with Gasteiger partial charge in [-0.3, -0.25) is 4.79 Å². The number of quaternary nitrogens is 2. The SMILES string of the molecule is CCc1ccc(/C=N\NC(=O)C[NH+]2CC[NH+](Cc3ccccc3)CC2)cc1. The third-order valence-corrected chi connectivity index (χ3v) is 5.16. The molecule has 1 saturated heterocycles. The largest absolute Gasteiger partial charge is 0.322 e. The molecule has 1 aliphatic heterocycles. The van der Waals surface area contributed by atoms with Crippen molar-refractivity contribution >= 4 is 12.1 Å². The first kappa shape index (κ1) is 19.3. The Labute approximate surface area is 161 Å². The molecule has 0 unspecified atom stereocenters. The molecule has 1 amide bonds. The Balaban J connectivity index is 1.37. The van der Waals surface area contributed by atoms with Gasteiger partial charge in [0.05, 0.1) is 6.21 Å². The van der Waals surface area contributed by atoms with Crippen molar-refractivity contribution in [2.75, 3.05) is 32.7 Å². The van der Waals surface area contributed by atoms with Gasteiger partial charge in [-0.2, -0.15) is 5.10 Å². The minimum atomic E-state index is -0.0158. The minimum Gasteiger partial charge on any atom is -0.322 e. The highest BCUT2D eigenvalue weighted by molar-refractivity contribution is 5.82. The monoisotopic (exact) mass is 366 g/mol. The van der Waals surface area contributed by atoms with Crippen molar-refractivity contribution in [2.24, 2.45) is 5.10 Å². The second-order valence-corrected chi connectivity index (χ2v) is 7.23. The number of amides is 1. The molecule has 1 fully saturated rings. The standard InChI is InChI=1S/C22H28N4O/c1-2-19-8-10-20(11-9-19)16-23-24-22(27)18-26-14-12-25(13-15-26)17-21-6-4-3-5-7-21/h3-11,16H,2,12-15,17-18H2,1H3,(H,24,27)/p+2/b23-16-. The van der Waals surface area contributed by atoms with Gasteiger partial charge in [0.1, 0.15) is 32.7 Å². The van der Waals surface area contributed by atoms with E-state index in [-0.39, 0.29) is 5.91 Å². The summed E-state index contributed by atoms with van der Waals surface area (Å²) in [6.07, 6.45) is 2.73. The van der Waals surface area contributed by atoms with Crippen LogP contribution in [0.25, 0.3) is 0 Å². The van der Waals surface area contributed by atoms with E-state index < -0.39 is 0 Å². The van der Waals surface area contributed by atoms with Gasteiger partial charge in [0.25, 0.3) is 5.91 Å². The summed E-state index contributed by atoms with van der Waals surface area (Å²) in [5.74, 6) is -0.0158. The van der Waals surface area contributed by atoms with Crippen molar-refractivity contribution in [3.63, 3.8) is 0 Å². The van der Waals surface area contributed by atoms with Crippen molar-refractivity contribution in [1.82, 2.24) is 5.43 Å². The fourth-order valence-corrected chi connectivity index (χ4v) is 3.48. The van der Waals surface area contributed by atoms with Gasteiger partial charge in [0.15, 0.2) is 6.54 Å². The molecular weight excluding hydrogens is 336 g/mol. The van der Waals surface area contributed by atoms with Crippen molar-refractivity contribution < 1.29 is 14.6 Å². The molecular formula is C22H30N4O+2. The van der Waals surface area contributed by atoms with Gasteiger partial charge in [-0.25, -0.2) is 5.43 Å². The van der Waals surface area contributed by atoms with E-state index in [1.54, 1.807) is 11.1 Å². The van der Waals surface area contributed by atoms with Crippen LogP contribution >= 0.6 is 0 Å². The fraction of sp³-hybridized carbons (Fsp3) is 0.364. The molecule has 0 radical (unpaired) electrons. The van der Waals surface area contributed by atoms with E-state index in [0.29, 0.717) is 6.54 Å². The molecule has 0 aliphatic carbocycles. The Bertz CT molecular complexity index is 735. The molecule has 0 aromatic heterocycles. The maximum atomic E-state index is 12.1. The van der Waals surface area contributed by atoms with Crippen LogP contribution in [0.5, 0.6) is 0 Å². The number of benzene rings is 2. The molecule has 0 spiro atoms. The van der Waals surface area contributed by atoms with Crippen LogP contribution in [-0.2, 0) is 17.8 Å². The van der Waals surface area contributed by atoms with Crippen LogP contribution in [0.2, 0.25) is 0 Å². The predicted molar refractivity (Wildman–Crippen MR) is 108 cm³/mol. The molecule has 2 aromatic carbocycles. The summed E-state index contributed by atoms with van der Waals surface area (Å²) in [5, 5.41) is 4.09. The van der Waals surface area contributed by atoms with Crippen LogP contribution in [0, 0.1) is 0 Å². The third kappa shape index (κ3) is 6.31. The number of carbonyl (C=O) groups is 1. The molecule has 142 valence electrons. The summed E-state index contributed by atoms with van der Waals surface area (Å²) in [6.45, 7) is 7.95. The van der Waals surface area contributed by atoms with E-state index >= 15 is 0 Å². The third-order valence-electron chi connectivity index (χ3n) is 5.16. The topological polar surface area (TPSA) is 50.3 Å². The Morgan fingerprint density at radius 1 is 0.963 bits per heavy atom. The Hall–Kier alpha value is -2.50. The van der Waals surface area contributed by atoms with Crippen molar-refractivity contribution in [2.45, 2.75) is 19.9 Å². The molecule has 3 N–H and O–H groups in total. The lowest BCUT2D eigenvalue weighted by atomic mass is 10.1. The lowest BCUT2D eigenvalue weighted by molar-refractivity contribution is -1.02. The highest BCUT2D eigenvalue weighted by atomic mass is 16.2. The summed E-state index contributed by atoms with van der Waals surface area (Å²) >= 11 is 0. The zero-order chi connectivity index (χ0) is 18.9. The first-order chi connectivity index (χ1) is 13.2. The van der Waals surface area contributed by atoms with Crippen LogP contribution in [-0.4, -0.2) is 44.8 Å². The average Bonchev–Trinajstić information content (AvgIpc) is 2.71. The lowest BCUT2D eigenvalue weighted by Crippen LogP contribution is -3.28. The van der Waals surface area contributed by atoms with Gasteiger partial charge in [0.2, 0.25) is 0 Å². The molecule has 1 heterocycles. The normalized spacial score (nSPS) is 19.9. The second-order valence-electron chi connectivity index (χ2n) is 7.23. The molecule has 2 aromatic rings. The van der Waals surface area contributed by atoms with Crippen molar-refractivity contribution in [3.8, 4) is 0 Å². The van der Waals surface area contributed by atoms with Crippen molar-refractivity contribution in [1.29, 1.82) is 0 Å². The van der Waals surface area contributed by atoms with Crippen LogP contribution in [0.3, 0.4) is 0 Å². The van der Waals surface area contributed by atoms with Gasteiger partial charge in [-0.05, 0) is 17.5 Å². The van der Waals surface area contributed by atoms with Gasteiger partial charge < -0.3 is 9.80 Å². The minimum absolute atomic E-state index is 0.0158. The molecule has 5 heteroatoms. The zero-order valence-electron chi connectivity index (χ0n) is 16.1. The summed E-state index contributed by atoms with van der Waals surface area (Å²) in [7, 11) is 0. The van der Waals surface area contributed by atoms with E-state index in [1.807, 2.05) is 12.1 Å². The number of rotatable bonds is 7. The van der Waals surface area contributed by atoms with Gasteiger partial charge in [-0.1, -0.05) is 61.5 Å². The van der Waals surface area contributed by atoms with Crippen LogP contribution in [0.15, 0.2) is 59.7 Å². The van der Waals surface area contributed by atoms with Crippen LogP contribution in [0.4, 0.5) is 0 Å². The Morgan fingerprint density at radius 2 is 1.63 bits per heavy atom. The first-order valence-corrected chi connectivity index (χ1v) is 9.85. The highest BCUT2D eigenvalue weighted by Gasteiger charge is 2.24. The predicted octanol–water partition coefficient (Wildman–Crippen LogP) is -0.317. The molecule has 27 heavy (non-hydrogen) atoms. The molecule has 5 nitrogen and oxygen atoms in total.